The van der Waals surface area contributed by atoms with Crippen molar-refractivity contribution in [2.24, 2.45) is 0 Å². The van der Waals surface area contributed by atoms with Gasteiger partial charge in [-0.15, -0.1) is 11.3 Å². The Kier molecular flexibility index (Phi) is 4.67. The second-order valence-corrected chi connectivity index (χ2v) is 7.90. The van der Waals surface area contributed by atoms with Crippen molar-refractivity contribution in [3.63, 3.8) is 0 Å². The number of aromatic amines is 1. The number of fused-ring (bicyclic) bond motifs is 1. The van der Waals surface area contributed by atoms with Crippen LogP contribution in [-0.4, -0.2) is 65.0 Å². The van der Waals surface area contributed by atoms with Crippen molar-refractivity contribution in [3.8, 4) is 0 Å². The molecule has 1 aromatic carbocycles. The molecule has 1 fully saturated rings. The molecule has 0 bridgehead atoms. The molecule has 2 amide bonds. The number of hydrogen-bond acceptors (Lipinski definition) is 5. The minimum absolute atomic E-state index is 0.0358. The lowest BCUT2D eigenvalue weighted by Crippen LogP contribution is -2.46. The van der Waals surface area contributed by atoms with Gasteiger partial charge in [-0.1, -0.05) is 17.7 Å². The van der Waals surface area contributed by atoms with Gasteiger partial charge < -0.3 is 15.1 Å². The number of anilines is 1. The third kappa shape index (κ3) is 3.58. The minimum atomic E-state index is -0.217. The van der Waals surface area contributed by atoms with Gasteiger partial charge in [0.25, 0.3) is 11.8 Å². The van der Waals surface area contributed by atoms with Crippen molar-refractivity contribution in [2.75, 3.05) is 38.5 Å². The summed E-state index contributed by atoms with van der Waals surface area (Å²) in [4.78, 5) is 30.8. The first-order chi connectivity index (χ1) is 13.0. The number of likely N-dealkylation sites (N-methyl/N-ethyl adjacent to an activating group) is 1. The fourth-order valence-electron chi connectivity index (χ4n) is 3.15. The Balaban J connectivity index is 1.53. The number of piperazine rings is 1. The van der Waals surface area contributed by atoms with Gasteiger partial charge in [-0.25, -0.2) is 0 Å². The van der Waals surface area contributed by atoms with Crippen molar-refractivity contribution < 1.29 is 9.59 Å². The number of benzene rings is 1. The zero-order valence-electron chi connectivity index (χ0n) is 15.3. The molecule has 140 valence electrons. The SMILES string of the molecule is Cc1cccc(C(=O)Nc2n[nH]c3sc(C(=O)N4CCN(C)CC4)cc23)c1. The molecule has 1 aliphatic rings. The van der Waals surface area contributed by atoms with Crippen LogP contribution >= 0.6 is 11.3 Å². The molecule has 8 heteroatoms. The van der Waals surface area contributed by atoms with Crippen LogP contribution in [0.25, 0.3) is 10.2 Å². The number of nitrogens with one attached hydrogen (secondary N) is 2. The van der Waals surface area contributed by atoms with Gasteiger partial charge in [0.15, 0.2) is 5.82 Å². The predicted molar refractivity (Wildman–Crippen MR) is 107 cm³/mol. The highest BCUT2D eigenvalue weighted by atomic mass is 32.1. The Bertz CT molecular complexity index is 1000. The molecule has 1 saturated heterocycles. The maximum Gasteiger partial charge on any atom is 0.264 e. The summed E-state index contributed by atoms with van der Waals surface area (Å²) >= 11 is 1.37. The topological polar surface area (TPSA) is 81.3 Å². The summed E-state index contributed by atoms with van der Waals surface area (Å²) in [7, 11) is 2.06. The van der Waals surface area contributed by atoms with Crippen LogP contribution in [-0.2, 0) is 0 Å². The molecule has 4 rings (SSSR count). The average Bonchev–Trinajstić information content (AvgIpc) is 3.24. The van der Waals surface area contributed by atoms with E-state index in [-0.39, 0.29) is 11.8 Å². The number of carbonyl (C=O) groups excluding carboxylic acids is 2. The number of amides is 2. The maximum absolute atomic E-state index is 12.8. The molecule has 0 spiro atoms. The Morgan fingerprint density at radius 1 is 1.19 bits per heavy atom. The number of nitrogens with zero attached hydrogens (tertiary/aromatic N) is 3. The summed E-state index contributed by atoms with van der Waals surface area (Å²) in [5.74, 6) is 0.268. The van der Waals surface area contributed by atoms with Crippen molar-refractivity contribution in [3.05, 3.63) is 46.3 Å². The first-order valence-electron chi connectivity index (χ1n) is 8.85. The molecule has 27 heavy (non-hydrogen) atoms. The van der Waals surface area contributed by atoms with Crippen LogP contribution in [0.1, 0.15) is 25.6 Å². The van der Waals surface area contributed by atoms with Gasteiger partial charge in [-0.3, -0.25) is 14.7 Å². The fraction of sp³-hybridized carbons (Fsp3) is 0.316. The van der Waals surface area contributed by atoms with Gasteiger partial charge in [0.1, 0.15) is 4.83 Å². The van der Waals surface area contributed by atoms with Gasteiger partial charge in [0.2, 0.25) is 0 Å². The number of H-pyrrole nitrogens is 1. The van der Waals surface area contributed by atoms with E-state index in [1.807, 2.05) is 36.1 Å². The first-order valence-corrected chi connectivity index (χ1v) is 9.66. The summed E-state index contributed by atoms with van der Waals surface area (Å²) in [5, 5.41) is 10.7. The number of carbonyl (C=O) groups is 2. The van der Waals surface area contributed by atoms with Crippen molar-refractivity contribution >= 4 is 39.2 Å². The molecular weight excluding hydrogens is 362 g/mol. The van der Waals surface area contributed by atoms with Gasteiger partial charge in [-0.05, 0) is 32.2 Å². The van der Waals surface area contributed by atoms with E-state index in [0.717, 1.165) is 42.0 Å². The molecule has 3 heterocycles. The van der Waals surface area contributed by atoms with Crippen LogP contribution < -0.4 is 5.32 Å². The minimum Gasteiger partial charge on any atom is -0.335 e. The number of aryl methyl sites for hydroxylation is 1. The van der Waals surface area contributed by atoms with Crippen LogP contribution in [0.4, 0.5) is 5.82 Å². The zero-order chi connectivity index (χ0) is 19.0. The van der Waals surface area contributed by atoms with Crippen molar-refractivity contribution in [1.29, 1.82) is 0 Å². The lowest BCUT2D eigenvalue weighted by Gasteiger charge is -2.32. The number of rotatable bonds is 3. The highest BCUT2D eigenvalue weighted by Gasteiger charge is 2.23. The highest BCUT2D eigenvalue weighted by molar-refractivity contribution is 7.20. The summed E-state index contributed by atoms with van der Waals surface area (Å²) in [6, 6.07) is 9.20. The van der Waals surface area contributed by atoms with E-state index in [1.165, 1.54) is 11.3 Å². The van der Waals surface area contributed by atoms with Crippen molar-refractivity contribution in [2.45, 2.75) is 6.92 Å². The van der Waals surface area contributed by atoms with Crippen LogP contribution in [0.15, 0.2) is 30.3 Å². The molecule has 1 aliphatic heterocycles. The molecule has 0 aliphatic carbocycles. The molecule has 0 saturated carbocycles. The summed E-state index contributed by atoms with van der Waals surface area (Å²) < 4.78 is 0. The van der Waals surface area contributed by atoms with Gasteiger partial charge in [0.05, 0.1) is 10.3 Å². The predicted octanol–water partition coefficient (Wildman–Crippen LogP) is 2.57. The maximum atomic E-state index is 12.8. The normalized spacial score (nSPS) is 15.3. The standard InChI is InChI=1S/C19H21N5O2S/c1-12-4-3-5-13(10-12)17(25)20-16-14-11-15(27-18(14)22-21-16)19(26)24-8-6-23(2)7-9-24/h3-5,10-11H,6-9H2,1-2H3,(H2,20,21,22,25). The van der Waals surface area contributed by atoms with E-state index in [9.17, 15) is 9.59 Å². The fourth-order valence-corrected chi connectivity index (χ4v) is 4.12. The Morgan fingerprint density at radius 2 is 1.96 bits per heavy atom. The third-order valence-electron chi connectivity index (χ3n) is 4.77. The largest absolute Gasteiger partial charge is 0.335 e. The van der Waals surface area contributed by atoms with E-state index in [0.29, 0.717) is 16.3 Å². The lowest BCUT2D eigenvalue weighted by molar-refractivity contribution is 0.0669. The van der Waals surface area contributed by atoms with Gasteiger partial charge in [-0.2, -0.15) is 5.10 Å². The monoisotopic (exact) mass is 383 g/mol. The summed E-state index contributed by atoms with van der Waals surface area (Å²) in [5.41, 5.74) is 1.60. The molecular formula is C19H21N5O2S. The summed E-state index contributed by atoms with van der Waals surface area (Å²) in [6.07, 6.45) is 0. The van der Waals surface area contributed by atoms with Crippen LogP contribution in [0.3, 0.4) is 0 Å². The van der Waals surface area contributed by atoms with E-state index < -0.39 is 0 Å². The van der Waals surface area contributed by atoms with Crippen LogP contribution in [0.5, 0.6) is 0 Å². The van der Waals surface area contributed by atoms with E-state index in [1.54, 1.807) is 6.07 Å². The van der Waals surface area contributed by atoms with Crippen LogP contribution in [0.2, 0.25) is 0 Å². The van der Waals surface area contributed by atoms with Gasteiger partial charge >= 0.3 is 0 Å². The first kappa shape index (κ1) is 17.7. The lowest BCUT2D eigenvalue weighted by atomic mass is 10.1. The second-order valence-electron chi connectivity index (χ2n) is 6.84. The molecule has 0 unspecified atom stereocenters. The average molecular weight is 383 g/mol. The van der Waals surface area contributed by atoms with E-state index in [2.05, 4.69) is 27.5 Å². The molecule has 2 N–H and O–H groups in total. The zero-order valence-corrected chi connectivity index (χ0v) is 16.1. The molecule has 3 aromatic rings. The highest BCUT2D eigenvalue weighted by Crippen LogP contribution is 2.30. The number of thiophene rings is 1. The molecule has 7 nitrogen and oxygen atoms in total. The quantitative estimate of drug-likeness (QED) is 0.728. The Hall–Kier alpha value is -2.71. The van der Waals surface area contributed by atoms with Gasteiger partial charge in [0, 0.05) is 31.7 Å². The van der Waals surface area contributed by atoms with Crippen molar-refractivity contribution in [1.82, 2.24) is 20.0 Å². The number of aromatic nitrogens is 2. The van der Waals surface area contributed by atoms with E-state index in [4.69, 9.17) is 0 Å². The molecule has 0 radical (unpaired) electrons. The second kappa shape index (κ2) is 7.13. The van der Waals surface area contributed by atoms with Crippen LogP contribution in [0, 0.1) is 6.92 Å². The summed E-state index contributed by atoms with van der Waals surface area (Å²) in [6.45, 7) is 5.17. The molecule has 2 aromatic heterocycles. The smallest absolute Gasteiger partial charge is 0.264 e. The Labute approximate surface area is 161 Å². The number of hydrogen-bond donors (Lipinski definition) is 2. The molecule has 0 atom stereocenters. The third-order valence-corrected chi connectivity index (χ3v) is 5.80. The van der Waals surface area contributed by atoms with E-state index >= 15 is 0 Å². The Morgan fingerprint density at radius 3 is 2.70 bits per heavy atom.